The predicted octanol–water partition coefficient (Wildman–Crippen LogP) is 2.72. The minimum absolute atomic E-state index is 0.0106. The van der Waals surface area contributed by atoms with Gasteiger partial charge >= 0.3 is 17.7 Å². The molecule has 29 heavy (non-hydrogen) atoms. The molecular formula is C21H19NO7. The summed E-state index contributed by atoms with van der Waals surface area (Å²) in [5, 5.41) is 12.4. The van der Waals surface area contributed by atoms with Crippen molar-refractivity contribution in [1.82, 2.24) is 5.32 Å². The van der Waals surface area contributed by atoms with E-state index >= 15 is 0 Å². The van der Waals surface area contributed by atoms with E-state index in [1.165, 1.54) is 19.2 Å². The first-order valence-corrected chi connectivity index (χ1v) is 8.77. The minimum Gasteiger partial charge on any atom is -0.497 e. The third-order valence-electron chi connectivity index (χ3n) is 4.26. The number of benzene rings is 2. The molecule has 1 aromatic heterocycles. The number of nitrogens with one attached hydrogen (secondary N) is 1. The van der Waals surface area contributed by atoms with E-state index in [1.807, 2.05) is 6.07 Å². The van der Waals surface area contributed by atoms with E-state index in [2.05, 4.69) is 5.32 Å². The van der Waals surface area contributed by atoms with Gasteiger partial charge in [0.25, 0.3) is 0 Å². The number of hydrogen-bond donors (Lipinski definition) is 2. The van der Waals surface area contributed by atoms with Gasteiger partial charge in [-0.2, -0.15) is 0 Å². The number of carboxylic acid groups (broad SMARTS) is 1. The van der Waals surface area contributed by atoms with Gasteiger partial charge in [-0.25, -0.2) is 14.4 Å². The lowest BCUT2D eigenvalue weighted by Crippen LogP contribution is -2.42. The summed E-state index contributed by atoms with van der Waals surface area (Å²) in [5.74, 6) is -0.758. The summed E-state index contributed by atoms with van der Waals surface area (Å²) in [5.41, 5.74) is 0.837. The monoisotopic (exact) mass is 397 g/mol. The molecule has 1 atom stereocenters. The Balaban J connectivity index is 1.76. The molecule has 0 spiro atoms. The number of carboxylic acids is 1. The first-order chi connectivity index (χ1) is 14.0. The first kappa shape index (κ1) is 19.9. The van der Waals surface area contributed by atoms with Crippen LogP contribution in [0.25, 0.3) is 11.0 Å². The van der Waals surface area contributed by atoms with Crippen molar-refractivity contribution in [3.05, 3.63) is 76.1 Å². The average molecular weight is 397 g/mol. The van der Waals surface area contributed by atoms with Crippen LogP contribution >= 0.6 is 0 Å². The number of hydrogen-bond acceptors (Lipinski definition) is 6. The van der Waals surface area contributed by atoms with Gasteiger partial charge in [0.2, 0.25) is 0 Å². The third kappa shape index (κ3) is 5.13. The lowest BCUT2D eigenvalue weighted by atomic mass is 10.0. The SMILES string of the molecule is COc1ccc2c(C[C@H](NC(=O)OCc3ccccc3)C(=O)O)cc(=O)oc2c1. The quantitative estimate of drug-likeness (QED) is 0.589. The molecular weight excluding hydrogens is 378 g/mol. The zero-order valence-corrected chi connectivity index (χ0v) is 15.6. The fraction of sp³-hybridized carbons (Fsp3) is 0.190. The second-order valence-electron chi connectivity index (χ2n) is 6.25. The standard InChI is InChI=1S/C21H19NO7/c1-27-15-7-8-16-14(10-19(23)29-18(16)11-15)9-17(20(24)25)22-21(26)28-12-13-5-3-2-4-6-13/h2-8,10-11,17H,9,12H2,1H3,(H,22,26)(H,24,25)/t17-/m0/s1. The van der Waals surface area contributed by atoms with Gasteiger partial charge in [0.05, 0.1) is 7.11 Å². The van der Waals surface area contributed by atoms with Crippen molar-refractivity contribution in [2.24, 2.45) is 0 Å². The number of amides is 1. The Kier molecular flexibility index (Phi) is 6.13. The molecule has 2 aromatic carbocycles. The second kappa shape index (κ2) is 8.92. The molecule has 0 aliphatic rings. The lowest BCUT2D eigenvalue weighted by Gasteiger charge is -2.15. The van der Waals surface area contributed by atoms with Gasteiger partial charge in [-0.15, -0.1) is 0 Å². The van der Waals surface area contributed by atoms with Crippen LogP contribution < -0.4 is 15.7 Å². The number of alkyl carbamates (subject to hydrolysis) is 1. The van der Waals surface area contributed by atoms with Crippen LogP contribution in [-0.2, 0) is 22.6 Å². The minimum atomic E-state index is -1.29. The number of carbonyl (C=O) groups is 2. The van der Waals surface area contributed by atoms with Crippen molar-refractivity contribution < 1.29 is 28.6 Å². The van der Waals surface area contributed by atoms with Gasteiger partial charge in [0.15, 0.2) is 0 Å². The Bertz CT molecular complexity index is 1080. The molecule has 3 rings (SSSR count). The van der Waals surface area contributed by atoms with Crippen molar-refractivity contribution in [2.75, 3.05) is 7.11 Å². The molecule has 8 heteroatoms. The van der Waals surface area contributed by atoms with Gasteiger partial charge in [-0.3, -0.25) is 0 Å². The van der Waals surface area contributed by atoms with Crippen LogP contribution in [-0.4, -0.2) is 30.3 Å². The normalized spacial score (nSPS) is 11.6. The molecule has 0 aliphatic heterocycles. The summed E-state index contributed by atoms with van der Waals surface area (Å²) in [7, 11) is 1.48. The van der Waals surface area contributed by atoms with Crippen LogP contribution in [0.4, 0.5) is 4.79 Å². The molecule has 3 aromatic rings. The van der Waals surface area contributed by atoms with Gasteiger partial charge in [0.1, 0.15) is 24.0 Å². The molecule has 8 nitrogen and oxygen atoms in total. The molecule has 150 valence electrons. The number of carbonyl (C=O) groups excluding carboxylic acids is 1. The number of ether oxygens (including phenoxy) is 2. The van der Waals surface area contributed by atoms with Crippen LogP contribution in [0.2, 0.25) is 0 Å². The summed E-state index contributed by atoms with van der Waals surface area (Å²) >= 11 is 0. The summed E-state index contributed by atoms with van der Waals surface area (Å²) in [6.07, 6.45) is -0.986. The largest absolute Gasteiger partial charge is 0.497 e. The second-order valence-corrected chi connectivity index (χ2v) is 6.25. The van der Waals surface area contributed by atoms with Crippen LogP contribution in [0.5, 0.6) is 5.75 Å². The fourth-order valence-electron chi connectivity index (χ4n) is 2.83. The molecule has 0 unspecified atom stereocenters. The topological polar surface area (TPSA) is 115 Å². The van der Waals surface area contributed by atoms with E-state index in [-0.39, 0.29) is 18.6 Å². The van der Waals surface area contributed by atoms with Crippen molar-refractivity contribution in [3.8, 4) is 5.75 Å². The van der Waals surface area contributed by atoms with Gasteiger partial charge in [0, 0.05) is 23.9 Å². The van der Waals surface area contributed by atoms with E-state index < -0.39 is 23.7 Å². The summed E-state index contributed by atoms with van der Waals surface area (Å²) < 4.78 is 15.3. The zero-order chi connectivity index (χ0) is 20.8. The van der Waals surface area contributed by atoms with Crippen molar-refractivity contribution >= 4 is 23.0 Å². The lowest BCUT2D eigenvalue weighted by molar-refractivity contribution is -0.139. The highest BCUT2D eigenvalue weighted by molar-refractivity contribution is 5.84. The van der Waals surface area contributed by atoms with Gasteiger partial charge in [-0.05, 0) is 23.3 Å². The van der Waals surface area contributed by atoms with Crippen LogP contribution in [0, 0.1) is 0 Å². The van der Waals surface area contributed by atoms with Crippen LogP contribution in [0.3, 0.4) is 0 Å². The summed E-state index contributed by atoms with van der Waals surface area (Å²) in [6.45, 7) is 0.0106. The highest BCUT2D eigenvalue weighted by Crippen LogP contribution is 2.23. The molecule has 0 aliphatic carbocycles. The maximum absolute atomic E-state index is 12.0. The molecule has 0 fully saturated rings. The summed E-state index contributed by atoms with van der Waals surface area (Å²) in [4.78, 5) is 35.6. The van der Waals surface area contributed by atoms with E-state index in [9.17, 15) is 19.5 Å². The van der Waals surface area contributed by atoms with Crippen molar-refractivity contribution in [3.63, 3.8) is 0 Å². The van der Waals surface area contributed by atoms with Crippen molar-refractivity contribution in [2.45, 2.75) is 19.1 Å². The first-order valence-electron chi connectivity index (χ1n) is 8.77. The fourth-order valence-corrected chi connectivity index (χ4v) is 2.83. The van der Waals surface area contributed by atoms with Crippen LogP contribution in [0.1, 0.15) is 11.1 Å². The number of rotatable bonds is 7. The van der Waals surface area contributed by atoms with Crippen LogP contribution in [0.15, 0.2) is 63.8 Å². The Morgan fingerprint density at radius 3 is 2.59 bits per heavy atom. The Hall–Kier alpha value is -3.81. The van der Waals surface area contributed by atoms with E-state index in [0.29, 0.717) is 16.7 Å². The predicted molar refractivity (Wildman–Crippen MR) is 104 cm³/mol. The zero-order valence-electron chi connectivity index (χ0n) is 15.6. The number of methoxy groups -OCH3 is 1. The van der Waals surface area contributed by atoms with Gasteiger partial charge < -0.3 is 24.3 Å². The molecule has 2 N–H and O–H groups in total. The molecule has 1 amide bonds. The maximum atomic E-state index is 12.0. The Morgan fingerprint density at radius 2 is 1.90 bits per heavy atom. The smallest absolute Gasteiger partial charge is 0.408 e. The Labute approximate surface area is 165 Å². The highest BCUT2D eigenvalue weighted by Gasteiger charge is 2.23. The molecule has 0 saturated carbocycles. The maximum Gasteiger partial charge on any atom is 0.408 e. The Morgan fingerprint density at radius 1 is 1.14 bits per heavy atom. The number of fused-ring (bicyclic) bond motifs is 1. The number of aliphatic carboxylic acids is 1. The van der Waals surface area contributed by atoms with E-state index in [1.54, 1.807) is 36.4 Å². The molecule has 0 radical (unpaired) electrons. The molecule has 1 heterocycles. The van der Waals surface area contributed by atoms with E-state index in [4.69, 9.17) is 13.9 Å². The summed E-state index contributed by atoms with van der Waals surface area (Å²) in [6, 6.07) is 13.8. The molecule has 0 saturated heterocycles. The van der Waals surface area contributed by atoms with E-state index in [0.717, 1.165) is 5.56 Å². The highest BCUT2D eigenvalue weighted by atomic mass is 16.5. The van der Waals surface area contributed by atoms with Gasteiger partial charge in [-0.1, -0.05) is 30.3 Å². The molecule has 0 bridgehead atoms. The average Bonchev–Trinajstić information content (AvgIpc) is 2.71. The third-order valence-corrected chi connectivity index (χ3v) is 4.26. The van der Waals surface area contributed by atoms with Crippen molar-refractivity contribution in [1.29, 1.82) is 0 Å².